The number of rotatable bonds is 6. The fourth-order valence-corrected chi connectivity index (χ4v) is 6.81. The molecule has 3 aliphatic heterocycles. The summed E-state index contributed by atoms with van der Waals surface area (Å²) in [5, 5.41) is 23.5. The molecule has 3 aliphatic rings. The number of hydrogen-bond donors (Lipinski definition) is 2. The maximum atomic E-state index is 15.1. The Morgan fingerprint density at radius 1 is 1.24 bits per heavy atom. The lowest BCUT2D eigenvalue weighted by atomic mass is 10.1. The molecule has 1 aromatic carbocycles. The van der Waals surface area contributed by atoms with Gasteiger partial charge < -0.3 is 24.8 Å². The van der Waals surface area contributed by atoms with Crippen molar-refractivity contribution in [3.8, 4) is 0 Å². The Bertz CT molecular complexity index is 1420. The third-order valence-electron chi connectivity index (χ3n) is 6.55. The van der Waals surface area contributed by atoms with Gasteiger partial charge in [-0.05, 0) is 30.8 Å². The van der Waals surface area contributed by atoms with Crippen LogP contribution in [0, 0.1) is 15.9 Å². The highest BCUT2D eigenvalue weighted by molar-refractivity contribution is 8.03. The number of fused-ring (bicyclic) bond motifs is 3. The van der Waals surface area contributed by atoms with Gasteiger partial charge in [-0.15, -0.1) is 0 Å². The number of piperazine rings is 1. The van der Waals surface area contributed by atoms with Crippen LogP contribution < -0.4 is 15.6 Å². The average molecular weight is 551 g/mol. The zero-order valence-corrected chi connectivity index (χ0v) is 21.5. The number of benzene rings is 1. The molecule has 5 rings (SSSR count). The number of nitrogens with one attached hydrogen (secondary N) is 1. The minimum Gasteiger partial charge on any atom is -0.477 e. The van der Waals surface area contributed by atoms with Gasteiger partial charge in [0.05, 0.1) is 39.3 Å². The van der Waals surface area contributed by atoms with Gasteiger partial charge in [0.2, 0.25) is 11.3 Å². The number of thioether (sulfide) groups is 2. The molecule has 4 heterocycles. The monoisotopic (exact) mass is 550 g/mol. The Morgan fingerprint density at radius 2 is 1.95 bits per heavy atom. The number of nitro groups is 1. The minimum atomic E-state index is -1.33. The van der Waals surface area contributed by atoms with Crippen LogP contribution in [0.5, 0.6) is 0 Å². The van der Waals surface area contributed by atoms with Crippen LogP contribution in [0.15, 0.2) is 33.2 Å². The van der Waals surface area contributed by atoms with E-state index in [4.69, 9.17) is 0 Å². The Kier molecular flexibility index (Phi) is 6.53. The van der Waals surface area contributed by atoms with Crippen molar-refractivity contribution in [3.05, 3.63) is 55.1 Å². The highest BCUT2D eigenvalue weighted by atomic mass is 32.2. The fourth-order valence-electron chi connectivity index (χ4n) is 4.69. The molecule has 2 aromatic rings. The van der Waals surface area contributed by atoms with E-state index < -0.39 is 27.6 Å². The molecule has 2 unspecified atom stereocenters. The van der Waals surface area contributed by atoms with Crippen molar-refractivity contribution in [1.29, 1.82) is 0 Å². The van der Waals surface area contributed by atoms with E-state index in [-0.39, 0.29) is 33.8 Å². The normalized spacial score (nSPS) is 21.4. The number of carbonyl (C=O) groups excluding carboxylic acids is 1. The van der Waals surface area contributed by atoms with Crippen molar-refractivity contribution >= 4 is 52.0 Å². The third-order valence-corrected chi connectivity index (χ3v) is 8.90. The summed E-state index contributed by atoms with van der Waals surface area (Å²) in [6.45, 7) is 3.84. The summed E-state index contributed by atoms with van der Waals surface area (Å²) in [6, 6.07) is 2.72. The number of carbonyl (C=O) groups is 2. The lowest BCUT2D eigenvalue weighted by Gasteiger charge is -2.37. The van der Waals surface area contributed by atoms with Gasteiger partial charge >= 0.3 is 11.0 Å². The first-order valence-corrected chi connectivity index (χ1v) is 13.1. The van der Waals surface area contributed by atoms with Gasteiger partial charge in [-0.3, -0.25) is 24.6 Å². The fraction of sp³-hybridized carbons (Fsp3) is 0.409. The van der Waals surface area contributed by atoms with E-state index in [0.29, 0.717) is 42.4 Å². The van der Waals surface area contributed by atoms with Crippen LogP contribution in [-0.4, -0.2) is 81.5 Å². The maximum Gasteiger partial charge on any atom is 0.342 e. The van der Waals surface area contributed by atoms with E-state index in [1.807, 2.05) is 16.7 Å². The van der Waals surface area contributed by atoms with Crippen LogP contribution >= 0.6 is 23.5 Å². The Labute approximate surface area is 218 Å². The van der Waals surface area contributed by atoms with E-state index in [0.717, 1.165) is 17.8 Å². The zero-order valence-electron chi connectivity index (χ0n) is 19.8. The summed E-state index contributed by atoms with van der Waals surface area (Å²) >= 11 is 2.25. The van der Waals surface area contributed by atoms with Crippen LogP contribution in [-0.2, 0) is 4.79 Å². The minimum absolute atomic E-state index is 0.0364. The van der Waals surface area contributed by atoms with Crippen LogP contribution in [0.4, 0.5) is 10.1 Å². The third kappa shape index (κ3) is 4.51. The van der Waals surface area contributed by atoms with Crippen molar-refractivity contribution in [2.45, 2.75) is 22.8 Å². The molecule has 2 N–H and O–H groups in total. The number of aromatic nitrogens is 1. The number of pyridine rings is 1. The first-order chi connectivity index (χ1) is 17.5. The Morgan fingerprint density at radius 3 is 2.54 bits per heavy atom. The van der Waals surface area contributed by atoms with E-state index >= 15 is 4.39 Å². The second-order valence-electron chi connectivity index (χ2n) is 8.91. The van der Waals surface area contributed by atoms with Crippen molar-refractivity contribution in [1.82, 2.24) is 19.7 Å². The van der Waals surface area contributed by atoms with E-state index in [1.54, 1.807) is 22.6 Å². The summed E-state index contributed by atoms with van der Waals surface area (Å²) in [6.07, 6.45) is 1.37. The van der Waals surface area contributed by atoms with Crippen LogP contribution in [0.3, 0.4) is 0 Å². The van der Waals surface area contributed by atoms with E-state index in [1.165, 1.54) is 18.0 Å². The largest absolute Gasteiger partial charge is 0.477 e. The first kappa shape index (κ1) is 25.4. The number of carboxylic acids is 1. The molecule has 1 fully saturated rings. The second-order valence-corrected chi connectivity index (χ2v) is 11.3. The van der Waals surface area contributed by atoms with Gasteiger partial charge in [-0.25, -0.2) is 9.18 Å². The molecule has 0 saturated carbocycles. The first-order valence-electron chi connectivity index (χ1n) is 11.4. The summed E-state index contributed by atoms with van der Waals surface area (Å²) < 4.78 is 16.9. The summed E-state index contributed by atoms with van der Waals surface area (Å²) in [7, 11) is 1.65. The molecule has 0 radical (unpaired) electrons. The van der Waals surface area contributed by atoms with Gasteiger partial charge in [0.15, 0.2) is 5.50 Å². The number of aromatic carboxylic acids is 1. The number of hydrogen-bond acceptors (Lipinski definition) is 10. The molecule has 1 saturated heterocycles. The van der Waals surface area contributed by atoms with Crippen LogP contribution in [0.2, 0.25) is 0 Å². The molecule has 2 atom stereocenters. The molecule has 1 amide bonds. The molecule has 0 aliphatic carbocycles. The summed E-state index contributed by atoms with van der Waals surface area (Å²) in [5.41, 5.74) is -0.761. The molecule has 0 bridgehead atoms. The summed E-state index contributed by atoms with van der Waals surface area (Å²) in [4.78, 5) is 52.7. The molecule has 0 spiro atoms. The highest BCUT2D eigenvalue weighted by Gasteiger charge is 2.34. The lowest BCUT2D eigenvalue weighted by molar-refractivity contribution is -0.410. The van der Waals surface area contributed by atoms with Gasteiger partial charge in [0.1, 0.15) is 11.4 Å². The number of carboxylic acid groups (broad SMARTS) is 1. The smallest absolute Gasteiger partial charge is 0.342 e. The Hall–Kier alpha value is -3.30. The molecule has 15 heteroatoms. The van der Waals surface area contributed by atoms with Gasteiger partial charge in [-0.2, -0.15) is 0 Å². The second kappa shape index (κ2) is 9.54. The van der Waals surface area contributed by atoms with Crippen LogP contribution in [0.1, 0.15) is 22.7 Å². The SMILES string of the molecule is CC1Sc2c(C(=O)O)c(=O)c3cc(F)c(N4CCN(CC(=O)NC5SC([N+](=O)[O-])=CN5C)CC4)cc3n21. The lowest BCUT2D eigenvalue weighted by Crippen LogP contribution is -2.51. The standard InChI is InChI=1S/C22H23FN6O6S2/c1-11-28-14-8-15(13(23)7-12(14)19(31)18(21(32)33)20(28)36-11)27-5-3-26(4-6-27)9-16(30)24-22-25(2)10-17(37-22)29(34)35/h7-8,10-11,22H,3-6,9H2,1-2H3,(H,24,30)(H,32,33). The zero-order chi connectivity index (χ0) is 26.6. The predicted octanol–water partition coefficient (Wildman–Crippen LogP) is 1.74. The summed E-state index contributed by atoms with van der Waals surface area (Å²) in [5.74, 6) is -2.21. The molecular formula is C22H23FN6O6S2. The maximum absolute atomic E-state index is 15.1. The van der Waals surface area contributed by atoms with Gasteiger partial charge in [0, 0.05) is 38.6 Å². The topological polar surface area (TPSA) is 141 Å². The molecule has 1 aromatic heterocycles. The van der Waals surface area contributed by atoms with Crippen molar-refractivity contribution in [2.24, 2.45) is 0 Å². The number of amides is 1. The quantitative estimate of drug-likeness (QED) is 0.401. The van der Waals surface area contributed by atoms with Crippen molar-refractivity contribution in [2.75, 3.05) is 44.7 Å². The van der Waals surface area contributed by atoms with Gasteiger partial charge in [-0.1, -0.05) is 11.8 Å². The van der Waals surface area contributed by atoms with Crippen LogP contribution in [0.25, 0.3) is 10.9 Å². The van der Waals surface area contributed by atoms with Crippen molar-refractivity contribution in [3.63, 3.8) is 0 Å². The molecule has 12 nitrogen and oxygen atoms in total. The number of anilines is 1. The molecule has 196 valence electrons. The molecular weight excluding hydrogens is 527 g/mol. The van der Waals surface area contributed by atoms with E-state index in [2.05, 4.69) is 5.32 Å². The Balaban J connectivity index is 1.27. The van der Waals surface area contributed by atoms with E-state index in [9.17, 15) is 29.6 Å². The molecule has 37 heavy (non-hydrogen) atoms. The van der Waals surface area contributed by atoms with Gasteiger partial charge in [0.25, 0.3) is 0 Å². The number of nitrogens with zero attached hydrogens (tertiary/aromatic N) is 5. The average Bonchev–Trinajstić information content (AvgIpc) is 3.19. The highest BCUT2D eigenvalue weighted by Crippen LogP contribution is 2.46. The predicted molar refractivity (Wildman–Crippen MR) is 137 cm³/mol. The number of halogens is 1. The van der Waals surface area contributed by atoms with Crippen molar-refractivity contribution < 1.29 is 24.0 Å².